The van der Waals surface area contributed by atoms with Gasteiger partial charge in [0.2, 0.25) is 5.91 Å². The number of halogens is 1. The molecule has 2 aromatic carbocycles. The highest BCUT2D eigenvalue weighted by molar-refractivity contribution is 5.85. The van der Waals surface area contributed by atoms with Crippen LogP contribution in [0.15, 0.2) is 42.5 Å². The second-order valence-corrected chi connectivity index (χ2v) is 8.17. The molecule has 0 saturated carbocycles. The molecule has 162 valence electrons. The number of amides is 3. The van der Waals surface area contributed by atoms with Crippen molar-refractivity contribution in [3.63, 3.8) is 0 Å². The Morgan fingerprint density at radius 2 is 1.70 bits per heavy atom. The molecule has 3 N–H and O–H groups in total. The number of hydrogen-bond acceptors (Lipinski definition) is 3. The molecule has 0 bridgehead atoms. The second-order valence-electron chi connectivity index (χ2n) is 8.17. The molecule has 0 spiro atoms. The number of piperidine rings is 1. The molecule has 4 rings (SSSR count). The molecule has 2 heterocycles. The molecule has 2 aliphatic heterocycles. The van der Waals surface area contributed by atoms with Gasteiger partial charge in [-0.25, -0.2) is 4.79 Å². The lowest BCUT2D eigenvalue weighted by Gasteiger charge is -2.35. The monoisotopic (exact) mass is 430 g/mol. The summed E-state index contributed by atoms with van der Waals surface area (Å²) < 4.78 is 0. The third-order valence-electron chi connectivity index (χ3n) is 6.17. The van der Waals surface area contributed by atoms with E-state index in [1.54, 1.807) is 0 Å². The lowest BCUT2D eigenvalue weighted by molar-refractivity contribution is -0.127. The van der Waals surface area contributed by atoms with E-state index >= 15 is 0 Å². The Hall–Kier alpha value is -2.31. The Bertz CT molecular complexity index is 884. The van der Waals surface area contributed by atoms with Crippen LogP contribution in [0.25, 0.3) is 10.8 Å². The molecule has 0 aliphatic carbocycles. The van der Waals surface area contributed by atoms with Gasteiger partial charge in [-0.2, -0.15) is 0 Å². The highest BCUT2D eigenvalue weighted by Gasteiger charge is 2.32. The highest BCUT2D eigenvalue weighted by atomic mass is 35.5. The molecule has 0 radical (unpaired) electrons. The standard InChI is InChI=1S/C23H30N4O2.ClH/c24-15-21(19-10-9-17-6-1-2-7-18(17)14-19)25-22(28)20-8-5-13-27(16-20)23(29)26-11-3-4-12-26;/h1-2,6-7,9-10,14,20-21H,3-5,8,11-13,15-16,24H2,(H,25,28);1H. The Morgan fingerprint density at radius 1 is 1.00 bits per heavy atom. The van der Waals surface area contributed by atoms with Gasteiger partial charge in [0.25, 0.3) is 0 Å². The van der Waals surface area contributed by atoms with Gasteiger partial charge >= 0.3 is 6.03 Å². The lowest BCUT2D eigenvalue weighted by Crippen LogP contribution is -2.50. The largest absolute Gasteiger partial charge is 0.348 e. The molecular weight excluding hydrogens is 400 g/mol. The quantitative estimate of drug-likeness (QED) is 0.781. The van der Waals surface area contributed by atoms with Gasteiger partial charge in [-0.1, -0.05) is 36.4 Å². The first-order valence-corrected chi connectivity index (χ1v) is 10.7. The van der Waals surface area contributed by atoms with Crippen LogP contribution in [0.1, 0.15) is 37.3 Å². The minimum atomic E-state index is -0.225. The van der Waals surface area contributed by atoms with Gasteiger partial charge < -0.3 is 20.9 Å². The third-order valence-corrected chi connectivity index (χ3v) is 6.17. The number of hydrogen-bond donors (Lipinski definition) is 2. The Morgan fingerprint density at radius 3 is 2.43 bits per heavy atom. The number of fused-ring (bicyclic) bond motifs is 1. The lowest BCUT2D eigenvalue weighted by atomic mass is 9.96. The van der Waals surface area contributed by atoms with Crippen molar-refractivity contribution in [3.05, 3.63) is 48.0 Å². The molecule has 2 aromatic rings. The van der Waals surface area contributed by atoms with E-state index in [-0.39, 0.29) is 36.3 Å². The molecule has 2 unspecified atom stereocenters. The van der Waals surface area contributed by atoms with Crippen LogP contribution in [-0.4, -0.2) is 54.5 Å². The van der Waals surface area contributed by atoms with Crippen LogP contribution in [0, 0.1) is 5.92 Å². The van der Waals surface area contributed by atoms with Gasteiger partial charge in [0, 0.05) is 32.7 Å². The van der Waals surface area contributed by atoms with Gasteiger partial charge in [-0.15, -0.1) is 12.4 Å². The van der Waals surface area contributed by atoms with Crippen LogP contribution in [0.5, 0.6) is 0 Å². The van der Waals surface area contributed by atoms with E-state index in [2.05, 4.69) is 29.6 Å². The Labute approximate surface area is 184 Å². The number of nitrogens with two attached hydrogens (primary N) is 1. The first-order valence-electron chi connectivity index (χ1n) is 10.7. The summed E-state index contributed by atoms with van der Waals surface area (Å²) in [6, 6.07) is 14.2. The van der Waals surface area contributed by atoms with E-state index < -0.39 is 0 Å². The fourth-order valence-electron chi connectivity index (χ4n) is 4.47. The summed E-state index contributed by atoms with van der Waals surface area (Å²) in [5.74, 6) is -0.183. The molecule has 2 aliphatic rings. The fourth-order valence-corrected chi connectivity index (χ4v) is 4.47. The minimum Gasteiger partial charge on any atom is -0.348 e. The number of benzene rings is 2. The molecule has 30 heavy (non-hydrogen) atoms. The van der Waals surface area contributed by atoms with Crippen molar-refractivity contribution in [1.82, 2.24) is 15.1 Å². The van der Waals surface area contributed by atoms with Crippen molar-refractivity contribution in [2.24, 2.45) is 11.7 Å². The molecule has 0 aromatic heterocycles. The Kier molecular flexibility index (Phi) is 7.56. The first-order chi connectivity index (χ1) is 14.2. The molecule has 2 atom stereocenters. The van der Waals surface area contributed by atoms with Crippen LogP contribution in [0.4, 0.5) is 4.79 Å². The van der Waals surface area contributed by atoms with Crippen molar-refractivity contribution in [2.75, 3.05) is 32.7 Å². The molecular formula is C23H31ClN4O2. The smallest absolute Gasteiger partial charge is 0.320 e. The van der Waals surface area contributed by atoms with Crippen LogP contribution < -0.4 is 11.1 Å². The molecule has 6 nitrogen and oxygen atoms in total. The maximum absolute atomic E-state index is 13.0. The van der Waals surface area contributed by atoms with Crippen LogP contribution in [0.2, 0.25) is 0 Å². The van der Waals surface area contributed by atoms with Crippen molar-refractivity contribution in [3.8, 4) is 0 Å². The zero-order chi connectivity index (χ0) is 20.2. The van der Waals surface area contributed by atoms with Gasteiger partial charge in [0.15, 0.2) is 0 Å². The van der Waals surface area contributed by atoms with E-state index in [9.17, 15) is 9.59 Å². The van der Waals surface area contributed by atoms with Gasteiger partial charge in [-0.3, -0.25) is 4.79 Å². The maximum atomic E-state index is 13.0. The third kappa shape index (κ3) is 4.87. The summed E-state index contributed by atoms with van der Waals surface area (Å²) in [5.41, 5.74) is 7.01. The number of urea groups is 1. The summed E-state index contributed by atoms with van der Waals surface area (Å²) in [4.78, 5) is 29.4. The molecule has 2 fully saturated rings. The predicted molar refractivity (Wildman–Crippen MR) is 122 cm³/mol. The van der Waals surface area contributed by atoms with E-state index in [0.29, 0.717) is 13.1 Å². The summed E-state index contributed by atoms with van der Waals surface area (Å²) in [6.07, 6.45) is 3.83. The van der Waals surface area contributed by atoms with E-state index in [0.717, 1.165) is 56.3 Å². The summed E-state index contributed by atoms with van der Waals surface area (Å²) in [5, 5.41) is 5.44. The fraction of sp³-hybridized carbons (Fsp3) is 0.478. The summed E-state index contributed by atoms with van der Waals surface area (Å²) in [6.45, 7) is 3.25. The Balaban J connectivity index is 0.00000256. The zero-order valence-corrected chi connectivity index (χ0v) is 18.1. The highest BCUT2D eigenvalue weighted by Crippen LogP contribution is 2.23. The summed E-state index contributed by atoms with van der Waals surface area (Å²) >= 11 is 0. The van der Waals surface area contributed by atoms with Crippen molar-refractivity contribution >= 4 is 35.1 Å². The van der Waals surface area contributed by atoms with E-state index in [1.807, 2.05) is 28.0 Å². The normalized spacial score (nSPS) is 20.0. The number of rotatable bonds is 4. The van der Waals surface area contributed by atoms with Crippen LogP contribution >= 0.6 is 12.4 Å². The number of nitrogens with zero attached hydrogens (tertiary/aromatic N) is 2. The van der Waals surface area contributed by atoms with E-state index in [1.165, 1.54) is 5.39 Å². The first kappa shape index (κ1) is 22.4. The average Bonchev–Trinajstić information content (AvgIpc) is 3.31. The molecule has 3 amide bonds. The molecule has 2 saturated heterocycles. The topological polar surface area (TPSA) is 78.7 Å². The number of nitrogens with one attached hydrogen (secondary N) is 1. The number of carbonyl (C=O) groups is 2. The van der Waals surface area contributed by atoms with Gasteiger partial charge in [-0.05, 0) is 48.1 Å². The van der Waals surface area contributed by atoms with Crippen LogP contribution in [0.3, 0.4) is 0 Å². The van der Waals surface area contributed by atoms with Gasteiger partial charge in [0.1, 0.15) is 0 Å². The maximum Gasteiger partial charge on any atom is 0.320 e. The van der Waals surface area contributed by atoms with Crippen molar-refractivity contribution in [2.45, 2.75) is 31.7 Å². The predicted octanol–water partition coefficient (Wildman–Crippen LogP) is 3.31. The SMILES string of the molecule is Cl.NCC(NC(=O)C1CCCN(C(=O)N2CCCC2)C1)c1ccc2ccccc2c1. The minimum absolute atomic E-state index is 0. The van der Waals surface area contributed by atoms with Crippen molar-refractivity contribution < 1.29 is 9.59 Å². The van der Waals surface area contributed by atoms with Gasteiger partial charge in [0.05, 0.1) is 12.0 Å². The summed E-state index contributed by atoms with van der Waals surface area (Å²) in [7, 11) is 0. The molecule has 7 heteroatoms. The van der Waals surface area contributed by atoms with E-state index in [4.69, 9.17) is 5.73 Å². The average molecular weight is 431 g/mol. The number of carbonyl (C=O) groups excluding carboxylic acids is 2. The number of likely N-dealkylation sites (tertiary alicyclic amines) is 2. The van der Waals surface area contributed by atoms with Crippen molar-refractivity contribution in [1.29, 1.82) is 0 Å². The second kappa shape index (κ2) is 10.1. The van der Waals surface area contributed by atoms with Crippen LogP contribution in [-0.2, 0) is 4.79 Å². The zero-order valence-electron chi connectivity index (χ0n) is 17.3.